The number of hydrogen-bond acceptors (Lipinski definition) is 4. The Morgan fingerprint density at radius 3 is 2.77 bits per heavy atom. The lowest BCUT2D eigenvalue weighted by Crippen LogP contribution is -2.23. The number of nitrogens with one attached hydrogen (secondary N) is 1. The molecule has 0 aliphatic heterocycles. The summed E-state index contributed by atoms with van der Waals surface area (Å²) < 4.78 is 29.5. The van der Waals surface area contributed by atoms with E-state index in [9.17, 15) is 8.78 Å². The van der Waals surface area contributed by atoms with Crippen molar-refractivity contribution < 1.29 is 8.78 Å². The highest BCUT2D eigenvalue weighted by Crippen LogP contribution is 2.27. The lowest BCUT2D eigenvalue weighted by molar-refractivity contribution is 0.125. The van der Waals surface area contributed by atoms with Crippen molar-refractivity contribution in [1.29, 1.82) is 0 Å². The Hall–Kier alpha value is -3.03. The molecular weight excluding hydrogens is 398 g/mol. The minimum atomic E-state index is -2.45. The average Bonchev–Trinajstić information content (AvgIpc) is 3.27. The molecule has 8 heteroatoms. The molecule has 164 valence electrons. The number of fused-ring (bicyclic) bond motifs is 1. The van der Waals surface area contributed by atoms with Gasteiger partial charge in [0.2, 0.25) is 5.95 Å². The van der Waals surface area contributed by atoms with Gasteiger partial charge in [-0.15, -0.1) is 5.10 Å². The second-order valence-corrected chi connectivity index (χ2v) is 8.06. The topological polar surface area (TPSA) is 60.0 Å². The van der Waals surface area contributed by atoms with E-state index in [0.29, 0.717) is 29.2 Å². The van der Waals surface area contributed by atoms with Gasteiger partial charge in [-0.2, -0.15) is 0 Å². The first kappa shape index (κ1) is 21.2. The van der Waals surface area contributed by atoms with Gasteiger partial charge in [-0.1, -0.05) is 31.9 Å². The first-order chi connectivity index (χ1) is 15.0. The number of nitrogens with zero attached hydrogens (tertiary/aromatic N) is 5. The van der Waals surface area contributed by atoms with Gasteiger partial charge >= 0.3 is 0 Å². The monoisotopic (exact) mass is 426 g/mol. The fourth-order valence-corrected chi connectivity index (χ4v) is 4.31. The van der Waals surface area contributed by atoms with Crippen molar-refractivity contribution >= 4 is 23.1 Å². The van der Waals surface area contributed by atoms with Crippen molar-refractivity contribution in [2.45, 2.75) is 65.0 Å². The maximum atomic E-state index is 13.1. The van der Waals surface area contributed by atoms with Gasteiger partial charge < -0.3 is 9.88 Å². The molecule has 0 atom stereocenters. The van der Waals surface area contributed by atoms with Crippen LogP contribution in [-0.4, -0.2) is 36.6 Å². The highest BCUT2D eigenvalue weighted by molar-refractivity contribution is 5.92. The summed E-state index contributed by atoms with van der Waals surface area (Å²) >= 11 is 0. The van der Waals surface area contributed by atoms with E-state index < -0.39 is 13.0 Å². The fraction of sp³-hybridized carbons (Fsp3) is 0.435. The summed E-state index contributed by atoms with van der Waals surface area (Å²) in [5, 5.41) is 8.05. The Labute approximate surface area is 180 Å². The number of imidazole rings is 1. The van der Waals surface area contributed by atoms with E-state index >= 15 is 0 Å². The molecule has 0 amide bonds. The smallest absolute Gasteiger partial charge is 0.256 e. The minimum absolute atomic E-state index is 0.390. The Kier molecular flexibility index (Phi) is 6.15. The molecule has 1 aliphatic carbocycles. The number of aryl methyl sites for hydroxylation is 2. The van der Waals surface area contributed by atoms with Crippen LogP contribution in [0.3, 0.4) is 0 Å². The zero-order chi connectivity index (χ0) is 22.0. The van der Waals surface area contributed by atoms with Crippen LogP contribution in [-0.2, 0) is 6.54 Å². The second kappa shape index (κ2) is 8.99. The molecule has 0 radical (unpaired) electrons. The predicted molar refractivity (Wildman–Crippen MR) is 119 cm³/mol. The number of rotatable bonds is 7. The Balaban J connectivity index is 1.66. The van der Waals surface area contributed by atoms with Gasteiger partial charge in [0, 0.05) is 17.8 Å². The first-order valence-corrected chi connectivity index (χ1v) is 10.7. The fourth-order valence-electron chi connectivity index (χ4n) is 4.31. The molecule has 1 N–H and O–H groups in total. The molecule has 6 nitrogen and oxygen atoms in total. The van der Waals surface area contributed by atoms with E-state index in [4.69, 9.17) is 0 Å². The number of allylic oxidation sites excluding steroid dienone is 2. The summed E-state index contributed by atoms with van der Waals surface area (Å²) in [5.41, 5.74) is 3.88. The van der Waals surface area contributed by atoms with Gasteiger partial charge in [0.25, 0.3) is 6.43 Å². The third kappa shape index (κ3) is 4.52. The molecule has 4 rings (SSSR count). The highest BCUT2D eigenvalue weighted by Gasteiger charge is 2.17. The maximum absolute atomic E-state index is 13.1. The number of hydrogen-bond donors (Lipinski definition) is 1. The summed E-state index contributed by atoms with van der Waals surface area (Å²) in [5.74, 6) is 1.18. The summed E-state index contributed by atoms with van der Waals surface area (Å²) in [4.78, 5) is 8.89. The molecule has 1 aliphatic rings. The molecular formula is C23H28F2N6. The quantitative estimate of drug-likeness (QED) is 0.522. The number of aromatic nitrogens is 5. The van der Waals surface area contributed by atoms with Crippen LogP contribution in [0.4, 0.5) is 14.7 Å². The van der Waals surface area contributed by atoms with Crippen molar-refractivity contribution in [3.05, 3.63) is 53.9 Å². The molecule has 3 aromatic heterocycles. The first-order valence-electron chi connectivity index (χ1n) is 10.7. The zero-order valence-electron chi connectivity index (χ0n) is 18.0. The van der Waals surface area contributed by atoms with Crippen molar-refractivity contribution in [1.82, 2.24) is 24.1 Å². The third-order valence-electron chi connectivity index (χ3n) is 5.88. The van der Waals surface area contributed by atoms with E-state index in [2.05, 4.69) is 27.0 Å². The van der Waals surface area contributed by atoms with Crippen LogP contribution < -0.4 is 5.32 Å². The van der Waals surface area contributed by atoms with E-state index in [-0.39, 0.29) is 0 Å². The standard InChI is InChI=1S/C23H28F2N6/c1-4-17(12-20-15(2)27-16(3)30(20)14-22(24)25)19-10-11-31-21(19)13-26-23(29-31)28-18-8-6-5-7-9-18/h4,10-13,18,22H,1,5-9,14H2,2-3H3,(H,28,29)/b17-12+. The van der Waals surface area contributed by atoms with Gasteiger partial charge in [-0.05, 0) is 44.4 Å². The number of alkyl halides is 2. The van der Waals surface area contributed by atoms with Gasteiger partial charge in [0.1, 0.15) is 5.82 Å². The summed E-state index contributed by atoms with van der Waals surface area (Å²) in [6.07, 6.45) is 10.9. The van der Waals surface area contributed by atoms with E-state index in [1.807, 2.05) is 25.3 Å². The maximum Gasteiger partial charge on any atom is 0.256 e. The van der Waals surface area contributed by atoms with Gasteiger partial charge in [-0.25, -0.2) is 23.3 Å². The van der Waals surface area contributed by atoms with Crippen molar-refractivity contribution in [2.75, 3.05) is 5.32 Å². The number of halogens is 2. The van der Waals surface area contributed by atoms with Crippen molar-refractivity contribution in [3.63, 3.8) is 0 Å². The van der Waals surface area contributed by atoms with Gasteiger partial charge in [-0.3, -0.25) is 0 Å². The molecule has 1 saturated carbocycles. The molecule has 0 bridgehead atoms. The summed E-state index contributed by atoms with van der Waals surface area (Å²) in [6.45, 7) is 7.11. The second-order valence-electron chi connectivity index (χ2n) is 8.06. The normalized spacial score (nSPS) is 15.7. The highest BCUT2D eigenvalue weighted by atomic mass is 19.3. The molecule has 0 unspecified atom stereocenters. The van der Waals surface area contributed by atoms with Crippen LogP contribution >= 0.6 is 0 Å². The van der Waals surface area contributed by atoms with Crippen LogP contribution in [0.1, 0.15) is 54.9 Å². The van der Waals surface area contributed by atoms with E-state index in [1.165, 1.54) is 19.3 Å². The lowest BCUT2D eigenvalue weighted by Gasteiger charge is -2.22. The SMILES string of the molecule is C=C/C(=C\c1c(C)nc(C)n1CC(F)F)c1ccn2nc(NC3CCCCC3)ncc12. The minimum Gasteiger partial charge on any atom is -0.350 e. The van der Waals surface area contributed by atoms with Crippen LogP contribution in [0.2, 0.25) is 0 Å². The van der Waals surface area contributed by atoms with Crippen LogP contribution in [0, 0.1) is 13.8 Å². The van der Waals surface area contributed by atoms with Crippen molar-refractivity contribution in [2.24, 2.45) is 0 Å². The summed E-state index contributed by atoms with van der Waals surface area (Å²) in [7, 11) is 0. The van der Waals surface area contributed by atoms with Crippen LogP contribution in [0.25, 0.3) is 17.2 Å². The Morgan fingerprint density at radius 2 is 2.06 bits per heavy atom. The summed E-state index contributed by atoms with van der Waals surface area (Å²) in [6, 6.07) is 2.36. The molecule has 0 aromatic carbocycles. The van der Waals surface area contributed by atoms with Gasteiger partial charge in [0.15, 0.2) is 0 Å². The van der Waals surface area contributed by atoms with Crippen LogP contribution in [0.5, 0.6) is 0 Å². The zero-order valence-corrected chi connectivity index (χ0v) is 18.0. The molecule has 0 spiro atoms. The van der Waals surface area contributed by atoms with E-state index in [0.717, 1.165) is 29.5 Å². The molecule has 1 fully saturated rings. The largest absolute Gasteiger partial charge is 0.350 e. The van der Waals surface area contributed by atoms with Crippen molar-refractivity contribution in [3.8, 4) is 0 Å². The van der Waals surface area contributed by atoms with E-state index in [1.54, 1.807) is 28.3 Å². The number of anilines is 1. The molecule has 3 heterocycles. The van der Waals surface area contributed by atoms with Crippen LogP contribution in [0.15, 0.2) is 31.1 Å². The average molecular weight is 427 g/mol. The Bertz CT molecular complexity index is 1100. The molecule has 31 heavy (non-hydrogen) atoms. The lowest BCUT2D eigenvalue weighted by atomic mass is 9.96. The Morgan fingerprint density at radius 1 is 1.29 bits per heavy atom. The molecule has 0 saturated heterocycles. The third-order valence-corrected chi connectivity index (χ3v) is 5.88. The molecule has 3 aromatic rings. The predicted octanol–water partition coefficient (Wildman–Crippen LogP) is 5.28. The van der Waals surface area contributed by atoms with Gasteiger partial charge in [0.05, 0.1) is 29.6 Å².